The Hall–Kier alpha value is -1.27. The van der Waals surface area contributed by atoms with Crippen molar-refractivity contribution in [3.05, 3.63) is 0 Å². The summed E-state index contributed by atoms with van der Waals surface area (Å²) in [5, 5.41) is 8.55. The molecule has 16 heavy (non-hydrogen) atoms. The van der Waals surface area contributed by atoms with E-state index in [4.69, 9.17) is 16.6 Å². The Morgan fingerprint density at radius 2 is 1.38 bits per heavy atom. The minimum atomic E-state index is -1.12. The third-order valence-corrected chi connectivity index (χ3v) is 1.93. The molecular weight excluding hydrogens is 212 g/mol. The fourth-order valence-corrected chi connectivity index (χ4v) is 1.13. The molecule has 0 bridgehead atoms. The summed E-state index contributed by atoms with van der Waals surface area (Å²) in [5.41, 5.74) is 9.81. The molecule has 6 nitrogen and oxygen atoms in total. The van der Waals surface area contributed by atoms with Gasteiger partial charge in [0.05, 0.1) is 11.8 Å². The van der Waals surface area contributed by atoms with Gasteiger partial charge in [0, 0.05) is 13.1 Å². The highest BCUT2D eigenvalue weighted by molar-refractivity contribution is 6.03. The van der Waals surface area contributed by atoms with Crippen molar-refractivity contribution in [1.82, 2.24) is 0 Å². The molecule has 94 valence electrons. The Labute approximate surface area is 95.0 Å². The number of carboxylic acid groups (broad SMARTS) is 1. The smallest absolute Gasteiger partial charge is 0.307 e. The normalized spacial score (nSPS) is 11.4. The lowest BCUT2D eigenvalue weighted by molar-refractivity contribution is -0.148. The van der Waals surface area contributed by atoms with Gasteiger partial charge in [-0.1, -0.05) is 6.92 Å². The molecule has 1 atom stereocenters. The van der Waals surface area contributed by atoms with E-state index in [1.54, 1.807) is 0 Å². The third kappa shape index (κ3) is 7.08. The molecule has 0 fully saturated rings. The summed E-state index contributed by atoms with van der Waals surface area (Å²) < 4.78 is 0. The summed E-state index contributed by atoms with van der Waals surface area (Å²) in [5.74, 6) is -3.83. The van der Waals surface area contributed by atoms with Crippen molar-refractivity contribution in [3.8, 4) is 0 Å². The summed E-state index contributed by atoms with van der Waals surface area (Å²) in [6, 6.07) is 0. The van der Waals surface area contributed by atoms with Gasteiger partial charge in [0.1, 0.15) is 11.6 Å². The maximum Gasteiger partial charge on any atom is 0.307 e. The van der Waals surface area contributed by atoms with Crippen LogP contribution in [0.3, 0.4) is 0 Å². The van der Waals surface area contributed by atoms with E-state index in [0.29, 0.717) is 13.1 Å². The van der Waals surface area contributed by atoms with Crippen LogP contribution in [0.4, 0.5) is 0 Å². The summed E-state index contributed by atoms with van der Waals surface area (Å²) in [6.45, 7) is 5.01. The van der Waals surface area contributed by atoms with E-state index in [0.717, 1.165) is 0 Å². The van der Waals surface area contributed by atoms with E-state index in [2.05, 4.69) is 0 Å². The second-order valence-corrected chi connectivity index (χ2v) is 3.40. The topological polar surface area (TPSA) is 123 Å². The van der Waals surface area contributed by atoms with Gasteiger partial charge in [0.2, 0.25) is 0 Å². The first-order valence-electron chi connectivity index (χ1n) is 4.93. The number of hydrogen-bond acceptors (Lipinski definition) is 5. The molecule has 0 aliphatic carbocycles. The SMILES string of the molecule is CC(=O)C(C(C)=O)C(C)C(=O)O.NCCN. The Morgan fingerprint density at radius 3 is 1.44 bits per heavy atom. The number of carbonyl (C=O) groups is 3. The predicted octanol–water partition coefficient (Wildman–Crippen LogP) is -0.595. The quantitative estimate of drug-likeness (QED) is 0.544. The Balaban J connectivity index is 0. The van der Waals surface area contributed by atoms with E-state index in [-0.39, 0.29) is 0 Å². The van der Waals surface area contributed by atoms with Crippen LogP contribution in [0, 0.1) is 11.8 Å². The van der Waals surface area contributed by atoms with Crippen molar-refractivity contribution in [3.63, 3.8) is 0 Å². The van der Waals surface area contributed by atoms with Crippen LogP contribution in [-0.2, 0) is 14.4 Å². The van der Waals surface area contributed by atoms with E-state index in [9.17, 15) is 14.4 Å². The van der Waals surface area contributed by atoms with Crippen LogP contribution < -0.4 is 11.5 Å². The van der Waals surface area contributed by atoms with E-state index in [1.165, 1.54) is 20.8 Å². The van der Waals surface area contributed by atoms with Crippen LogP contribution in [0.2, 0.25) is 0 Å². The molecule has 0 aromatic rings. The van der Waals surface area contributed by atoms with Crippen LogP contribution in [0.25, 0.3) is 0 Å². The van der Waals surface area contributed by atoms with Crippen LogP contribution in [0.15, 0.2) is 0 Å². The van der Waals surface area contributed by atoms with Crippen LogP contribution in [0.5, 0.6) is 0 Å². The minimum Gasteiger partial charge on any atom is -0.481 e. The molecule has 6 heteroatoms. The lowest BCUT2D eigenvalue weighted by atomic mass is 9.88. The summed E-state index contributed by atoms with van der Waals surface area (Å²) in [7, 11) is 0. The van der Waals surface area contributed by atoms with Crippen molar-refractivity contribution in [2.75, 3.05) is 13.1 Å². The largest absolute Gasteiger partial charge is 0.481 e. The minimum absolute atomic E-state index is 0.391. The molecule has 0 aliphatic heterocycles. The molecule has 0 spiro atoms. The van der Waals surface area contributed by atoms with Crippen molar-refractivity contribution in [1.29, 1.82) is 0 Å². The first-order valence-corrected chi connectivity index (χ1v) is 4.93. The van der Waals surface area contributed by atoms with E-state index in [1.807, 2.05) is 0 Å². The van der Waals surface area contributed by atoms with Gasteiger partial charge in [-0.05, 0) is 13.8 Å². The van der Waals surface area contributed by atoms with Crippen LogP contribution >= 0.6 is 0 Å². The Bertz CT molecular complexity index is 237. The third-order valence-electron chi connectivity index (χ3n) is 1.93. The molecule has 5 N–H and O–H groups in total. The molecule has 0 aliphatic rings. The Morgan fingerprint density at radius 1 is 1.06 bits per heavy atom. The zero-order valence-electron chi connectivity index (χ0n) is 9.90. The number of ketones is 2. The Kier molecular flexibility index (Phi) is 9.63. The van der Waals surface area contributed by atoms with Gasteiger partial charge in [-0.3, -0.25) is 14.4 Å². The second-order valence-electron chi connectivity index (χ2n) is 3.40. The average Bonchev–Trinajstić information content (AvgIpc) is 2.16. The first kappa shape index (κ1) is 17.1. The zero-order valence-corrected chi connectivity index (χ0v) is 9.90. The average molecular weight is 232 g/mol. The number of nitrogens with two attached hydrogens (primary N) is 2. The van der Waals surface area contributed by atoms with Gasteiger partial charge < -0.3 is 16.6 Å². The van der Waals surface area contributed by atoms with Gasteiger partial charge >= 0.3 is 5.97 Å². The van der Waals surface area contributed by atoms with E-state index < -0.39 is 29.4 Å². The standard InChI is InChI=1S/C8H12O4.C2H8N2/c1-4(8(11)12)7(5(2)9)6(3)10;3-1-2-4/h4,7H,1-3H3,(H,11,12);1-4H2. The van der Waals surface area contributed by atoms with E-state index >= 15 is 0 Å². The first-order chi connectivity index (χ1) is 7.29. The summed E-state index contributed by atoms with van der Waals surface area (Å²) >= 11 is 0. The molecule has 1 unspecified atom stereocenters. The maximum absolute atomic E-state index is 10.8. The van der Waals surface area contributed by atoms with Crippen molar-refractivity contribution < 1.29 is 19.5 Å². The predicted molar refractivity (Wildman–Crippen MR) is 59.8 cm³/mol. The van der Waals surface area contributed by atoms with Crippen LogP contribution in [0.1, 0.15) is 20.8 Å². The van der Waals surface area contributed by atoms with Crippen molar-refractivity contribution in [2.24, 2.45) is 23.3 Å². The molecule has 0 heterocycles. The van der Waals surface area contributed by atoms with Gasteiger partial charge in [0.25, 0.3) is 0 Å². The fraction of sp³-hybridized carbons (Fsp3) is 0.700. The number of carbonyl (C=O) groups excluding carboxylic acids is 2. The zero-order chi connectivity index (χ0) is 13.3. The number of aliphatic carboxylic acids is 1. The highest BCUT2D eigenvalue weighted by Gasteiger charge is 2.30. The van der Waals surface area contributed by atoms with Crippen LogP contribution in [-0.4, -0.2) is 35.7 Å². The molecule has 0 aromatic carbocycles. The van der Waals surface area contributed by atoms with Crippen molar-refractivity contribution in [2.45, 2.75) is 20.8 Å². The number of Topliss-reactive ketones (excluding diaryl/α,β-unsaturated/α-hetero) is 2. The summed E-state index contributed by atoms with van der Waals surface area (Å²) in [4.78, 5) is 32.1. The molecule has 0 radical (unpaired) electrons. The molecule has 0 rings (SSSR count). The molecule has 0 aromatic heterocycles. The monoisotopic (exact) mass is 232 g/mol. The molecule has 0 saturated carbocycles. The van der Waals surface area contributed by atoms with Crippen molar-refractivity contribution >= 4 is 17.5 Å². The maximum atomic E-state index is 10.8. The number of rotatable bonds is 5. The molecule has 0 saturated heterocycles. The van der Waals surface area contributed by atoms with Gasteiger partial charge in [-0.15, -0.1) is 0 Å². The van der Waals surface area contributed by atoms with Gasteiger partial charge in [-0.2, -0.15) is 0 Å². The number of hydrogen-bond donors (Lipinski definition) is 3. The van der Waals surface area contributed by atoms with Gasteiger partial charge in [0.15, 0.2) is 0 Å². The lowest BCUT2D eigenvalue weighted by Crippen LogP contribution is -2.31. The highest BCUT2D eigenvalue weighted by atomic mass is 16.4. The number of carboxylic acids is 1. The van der Waals surface area contributed by atoms with Gasteiger partial charge in [-0.25, -0.2) is 0 Å². The second kappa shape index (κ2) is 8.99. The lowest BCUT2D eigenvalue weighted by Gasteiger charge is -2.13. The molecule has 0 amide bonds. The highest BCUT2D eigenvalue weighted by Crippen LogP contribution is 2.13. The summed E-state index contributed by atoms with van der Waals surface area (Å²) in [6.07, 6.45) is 0. The molecular formula is C10H20N2O4. The fourth-order valence-electron chi connectivity index (χ4n) is 1.13.